The Hall–Kier alpha value is -1.09. The van der Waals surface area contributed by atoms with Gasteiger partial charge in [0.1, 0.15) is 11.6 Å². The molecular formula is C14H20FNO. The lowest BCUT2D eigenvalue weighted by molar-refractivity contribution is 0.271. The van der Waals surface area contributed by atoms with Crippen LogP contribution >= 0.6 is 0 Å². The van der Waals surface area contributed by atoms with Crippen LogP contribution in [0.25, 0.3) is 0 Å². The minimum absolute atomic E-state index is 0.156. The van der Waals surface area contributed by atoms with Crippen LogP contribution in [0.3, 0.4) is 0 Å². The fourth-order valence-corrected chi connectivity index (χ4v) is 2.45. The number of methoxy groups -OCH3 is 1. The summed E-state index contributed by atoms with van der Waals surface area (Å²) < 4.78 is 18.7. The van der Waals surface area contributed by atoms with E-state index in [1.54, 1.807) is 7.11 Å². The van der Waals surface area contributed by atoms with Crippen molar-refractivity contribution in [3.8, 4) is 5.75 Å². The summed E-state index contributed by atoms with van der Waals surface area (Å²) in [6.07, 6.45) is 3.32. The summed E-state index contributed by atoms with van der Waals surface area (Å²) >= 11 is 0. The van der Waals surface area contributed by atoms with E-state index in [1.165, 1.54) is 18.9 Å². The SMILES string of the molecule is COc1ccc(CCN2CCC[C@H]2C)c(F)c1. The van der Waals surface area contributed by atoms with E-state index >= 15 is 0 Å². The van der Waals surface area contributed by atoms with Gasteiger partial charge in [0.05, 0.1) is 7.11 Å². The maximum absolute atomic E-state index is 13.7. The molecule has 0 aliphatic carbocycles. The molecule has 1 aliphatic rings. The van der Waals surface area contributed by atoms with Crippen molar-refractivity contribution in [3.05, 3.63) is 29.6 Å². The molecule has 2 nitrogen and oxygen atoms in total. The van der Waals surface area contributed by atoms with Gasteiger partial charge >= 0.3 is 0 Å². The number of ether oxygens (including phenoxy) is 1. The molecule has 0 radical (unpaired) electrons. The van der Waals surface area contributed by atoms with Crippen LogP contribution in [0.4, 0.5) is 4.39 Å². The second-order valence-corrected chi connectivity index (χ2v) is 4.73. The van der Waals surface area contributed by atoms with Crippen molar-refractivity contribution in [1.82, 2.24) is 4.90 Å². The standard InChI is InChI=1S/C14H20FNO/c1-11-4-3-8-16(11)9-7-12-5-6-13(17-2)10-14(12)15/h5-6,10-11H,3-4,7-9H2,1-2H3/t11-/m1/s1. The third kappa shape index (κ3) is 2.97. The van der Waals surface area contributed by atoms with Crippen molar-refractivity contribution in [2.75, 3.05) is 20.2 Å². The Labute approximate surface area is 102 Å². The van der Waals surface area contributed by atoms with Gasteiger partial charge in [-0.1, -0.05) is 6.07 Å². The molecule has 0 amide bonds. The minimum atomic E-state index is -0.156. The first-order chi connectivity index (χ1) is 8.20. The molecule has 0 saturated carbocycles. The minimum Gasteiger partial charge on any atom is -0.497 e. The molecular weight excluding hydrogens is 217 g/mol. The van der Waals surface area contributed by atoms with E-state index < -0.39 is 0 Å². The first-order valence-electron chi connectivity index (χ1n) is 6.27. The number of hydrogen-bond donors (Lipinski definition) is 0. The Morgan fingerprint density at radius 1 is 1.47 bits per heavy atom. The van der Waals surface area contributed by atoms with E-state index in [9.17, 15) is 4.39 Å². The summed E-state index contributed by atoms with van der Waals surface area (Å²) in [4.78, 5) is 2.43. The molecule has 1 fully saturated rings. The largest absolute Gasteiger partial charge is 0.497 e. The average molecular weight is 237 g/mol. The summed E-state index contributed by atoms with van der Waals surface area (Å²) in [5.41, 5.74) is 0.782. The predicted molar refractivity (Wildman–Crippen MR) is 66.9 cm³/mol. The fraction of sp³-hybridized carbons (Fsp3) is 0.571. The van der Waals surface area contributed by atoms with E-state index in [1.807, 2.05) is 12.1 Å². The van der Waals surface area contributed by atoms with Gasteiger partial charge in [0, 0.05) is 18.7 Å². The van der Waals surface area contributed by atoms with E-state index in [2.05, 4.69) is 11.8 Å². The third-order valence-corrected chi connectivity index (χ3v) is 3.62. The molecule has 0 spiro atoms. The Morgan fingerprint density at radius 2 is 2.29 bits per heavy atom. The number of likely N-dealkylation sites (tertiary alicyclic amines) is 1. The highest BCUT2D eigenvalue weighted by atomic mass is 19.1. The smallest absolute Gasteiger partial charge is 0.130 e. The fourth-order valence-electron chi connectivity index (χ4n) is 2.45. The van der Waals surface area contributed by atoms with Crippen molar-refractivity contribution in [1.29, 1.82) is 0 Å². The Bertz CT molecular complexity index is 380. The number of halogens is 1. The van der Waals surface area contributed by atoms with Gasteiger partial charge in [-0.25, -0.2) is 4.39 Å². The van der Waals surface area contributed by atoms with E-state index in [4.69, 9.17) is 4.74 Å². The maximum Gasteiger partial charge on any atom is 0.130 e. The van der Waals surface area contributed by atoms with E-state index in [0.717, 1.165) is 25.1 Å². The zero-order valence-electron chi connectivity index (χ0n) is 10.6. The van der Waals surface area contributed by atoms with Crippen molar-refractivity contribution in [2.45, 2.75) is 32.2 Å². The van der Waals surface area contributed by atoms with Crippen LogP contribution in [0.1, 0.15) is 25.3 Å². The third-order valence-electron chi connectivity index (χ3n) is 3.62. The van der Waals surface area contributed by atoms with Gasteiger partial charge in [0.25, 0.3) is 0 Å². The van der Waals surface area contributed by atoms with Crippen LogP contribution in [-0.4, -0.2) is 31.1 Å². The molecule has 1 atom stereocenters. The molecule has 3 heteroatoms. The molecule has 1 saturated heterocycles. The second-order valence-electron chi connectivity index (χ2n) is 4.73. The van der Waals surface area contributed by atoms with Crippen LogP contribution in [0.5, 0.6) is 5.75 Å². The van der Waals surface area contributed by atoms with Crippen molar-refractivity contribution in [3.63, 3.8) is 0 Å². The first-order valence-corrected chi connectivity index (χ1v) is 6.27. The van der Waals surface area contributed by atoms with Crippen molar-refractivity contribution >= 4 is 0 Å². The summed E-state index contributed by atoms with van der Waals surface area (Å²) in [6, 6.07) is 5.76. The highest BCUT2D eigenvalue weighted by molar-refractivity contribution is 5.29. The van der Waals surface area contributed by atoms with Gasteiger partial charge in [0.15, 0.2) is 0 Å². The maximum atomic E-state index is 13.7. The molecule has 17 heavy (non-hydrogen) atoms. The monoisotopic (exact) mass is 237 g/mol. The normalized spacial score (nSPS) is 20.8. The molecule has 1 aromatic rings. The zero-order chi connectivity index (χ0) is 12.3. The molecule has 1 heterocycles. The number of benzene rings is 1. The highest BCUT2D eigenvalue weighted by Gasteiger charge is 2.19. The molecule has 0 bridgehead atoms. The molecule has 1 aliphatic heterocycles. The molecule has 94 valence electrons. The lowest BCUT2D eigenvalue weighted by Crippen LogP contribution is -2.29. The predicted octanol–water partition coefficient (Wildman–Crippen LogP) is 2.86. The van der Waals surface area contributed by atoms with E-state index in [0.29, 0.717) is 11.8 Å². The van der Waals surface area contributed by atoms with Crippen LogP contribution in [-0.2, 0) is 6.42 Å². The topological polar surface area (TPSA) is 12.5 Å². The van der Waals surface area contributed by atoms with Gasteiger partial charge in [0.2, 0.25) is 0 Å². The first kappa shape index (κ1) is 12.4. The summed E-state index contributed by atoms with van der Waals surface area (Å²) in [5.74, 6) is 0.428. The Balaban J connectivity index is 1.94. The number of rotatable bonds is 4. The van der Waals surface area contributed by atoms with E-state index in [-0.39, 0.29) is 5.82 Å². The van der Waals surface area contributed by atoms with Crippen LogP contribution in [0.2, 0.25) is 0 Å². The molecule has 1 aromatic carbocycles. The van der Waals surface area contributed by atoms with Crippen LogP contribution in [0, 0.1) is 5.82 Å². The van der Waals surface area contributed by atoms with Crippen molar-refractivity contribution < 1.29 is 9.13 Å². The van der Waals surface area contributed by atoms with Gasteiger partial charge < -0.3 is 9.64 Å². The van der Waals surface area contributed by atoms with Crippen LogP contribution in [0.15, 0.2) is 18.2 Å². The molecule has 2 rings (SSSR count). The molecule has 0 aromatic heterocycles. The number of hydrogen-bond acceptors (Lipinski definition) is 2. The molecule has 0 N–H and O–H groups in total. The zero-order valence-corrected chi connectivity index (χ0v) is 10.6. The Kier molecular flexibility index (Phi) is 4.00. The van der Waals surface area contributed by atoms with Gasteiger partial charge in [-0.05, 0) is 44.4 Å². The Morgan fingerprint density at radius 3 is 2.88 bits per heavy atom. The van der Waals surface area contributed by atoms with Gasteiger partial charge in [-0.2, -0.15) is 0 Å². The lowest BCUT2D eigenvalue weighted by atomic mass is 10.1. The van der Waals surface area contributed by atoms with Crippen molar-refractivity contribution in [2.24, 2.45) is 0 Å². The quantitative estimate of drug-likeness (QED) is 0.798. The molecule has 0 unspecified atom stereocenters. The van der Waals surface area contributed by atoms with Crippen LogP contribution < -0.4 is 4.74 Å². The van der Waals surface area contributed by atoms with Gasteiger partial charge in [-0.15, -0.1) is 0 Å². The second kappa shape index (κ2) is 5.50. The lowest BCUT2D eigenvalue weighted by Gasteiger charge is -2.20. The summed E-state index contributed by atoms with van der Waals surface area (Å²) in [6.45, 7) is 4.35. The van der Waals surface area contributed by atoms with Gasteiger partial charge in [-0.3, -0.25) is 0 Å². The highest BCUT2D eigenvalue weighted by Crippen LogP contribution is 2.19. The number of nitrogens with zero attached hydrogens (tertiary/aromatic N) is 1. The summed E-state index contributed by atoms with van der Waals surface area (Å²) in [7, 11) is 1.56. The average Bonchev–Trinajstić information content (AvgIpc) is 2.73. The summed E-state index contributed by atoms with van der Waals surface area (Å²) in [5, 5.41) is 0.